The molecule has 244 valence electrons. The molecule has 11 rings (SSSR count). The highest BCUT2D eigenvalue weighted by molar-refractivity contribution is 6.33. The fraction of sp³-hybridized carbons (Fsp3) is 0. The fourth-order valence-electron chi connectivity index (χ4n) is 8.59. The first-order valence-corrected chi connectivity index (χ1v) is 17.9. The summed E-state index contributed by atoms with van der Waals surface area (Å²) in [5, 5.41) is 22.8. The summed E-state index contributed by atoms with van der Waals surface area (Å²) < 4.78 is 2.26. The summed E-state index contributed by atoms with van der Waals surface area (Å²) in [7, 11) is 0. The van der Waals surface area contributed by atoms with Crippen LogP contribution in [0, 0.1) is 11.3 Å². The molecule has 0 aliphatic heterocycles. The molecule has 3 nitrogen and oxygen atoms in total. The first-order chi connectivity index (χ1) is 26.2. The maximum atomic E-state index is 9.76. The van der Waals surface area contributed by atoms with E-state index in [1.54, 1.807) is 0 Å². The van der Waals surface area contributed by atoms with Gasteiger partial charge < -0.3 is 4.57 Å². The summed E-state index contributed by atoms with van der Waals surface area (Å²) in [6.45, 7) is 0. The van der Waals surface area contributed by atoms with Crippen LogP contribution in [0.3, 0.4) is 0 Å². The van der Waals surface area contributed by atoms with Crippen LogP contribution in [0.2, 0.25) is 0 Å². The van der Waals surface area contributed by atoms with E-state index in [0.717, 1.165) is 60.8 Å². The third kappa shape index (κ3) is 4.37. The number of hydrogen-bond donors (Lipinski definition) is 0. The van der Waals surface area contributed by atoms with Crippen molar-refractivity contribution in [3.05, 3.63) is 181 Å². The molecule has 0 radical (unpaired) electrons. The van der Waals surface area contributed by atoms with Crippen molar-refractivity contribution >= 4 is 75.8 Å². The molecule has 53 heavy (non-hydrogen) atoms. The van der Waals surface area contributed by atoms with Gasteiger partial charge in [0, 0.05) is 38.2 Å². The maximum absolute atomic E-state index is 9.76. The summed E-state index contributed by atoms with van der Waals surface area (Å²) in [5.74, 6) is 0. The second kappa shape index (κ2) is 11.4. The molecule has 11 aromatic rings. The van der Waals surface area contributed by atoms with E-state index < -0.39 is 0 Å². The van der Waals surface area contributed by atoms with Gasteiger partial charge in [0.25, 0.3) is 0 Å². The smallest absolute Gasteiger partial charge is 0.0992 e. The molecule has 0 N–H and O–H groups in total. The van der Waals surface area contributed by atoms with E-state index in [9.17, 15) is 5.26 Å². The quantitative estimate of drug-likeness (QED) is 0.175. The van der Waals surface area contributed by atoms with E-state index in [1.165, 1.54) is 43.1 Å². The number of fused-ring (bicyclic) bond motifs is 13. The lowest BCUT2D eigenvalue weighted by molar-refractivity contribution is 1.18. The van der Waals surface area contributed by atoms with E-state index in [0.29, 0.717) is 5.56 Å². The zero-order valence-corrected chi connectivity index (χ0v) is 28.6. The number of benzene rings is 9. The first-order valence-electron chi connectivity index (χ1n) is 17.9. The molecular formula is C50H29N3. The molecule has 2 heterocycles. The van der Waals surface area contributed by atoms with E-state index in [1.807, 2.05) is 18.2 Å². The second-order valence-corrected chi connectivity index (χ2v) is 13.8. The maximum Gasteiger partial charge on any atom is 0.0992 e. The zero-order chi connectivity index (χ0) is 35.0. The van der Waals surface area contributed by atoms with Crippen molar-refractivity contribution in [3.8, 4) is 34.1 Å². The van der Waals surface area contributed by atoms with Crippen LogP contribution in [0.15, 0.2) is 176 Å². The predicted octanol–water partition coefficient (Wildman–Crippen LogP) is 13.2. The minimum atomic E-state index is 0.647. The van der Waals surface area contributed by atoms with Crippen LogP contribution >= 0.6 is 0 Å². The lowest BCUT2D eigenvalue weighted by Gasteiger charge is -2.17. The van der Waals surface area contributed by atoms with Crippen molar-refractivity contribution < 1.29 is 0 Å². The number of nitrogens with zero attached hydrogens (tertiary/aromatic N) is 3. The lowest BCUT2D eigenvalue weighted by atomic mass is 9.90. The summed E-state index contributed by atoms with van der Waals surface area (Å²) in [6, 6.07) is 64.9. The Kier molecular flexibility index (Phi) is 6.32. The molecule has 0 spiro atoms. The molecule has 0 bridgehead atoms. The van der Waals surface area contributed by atoms with Crippen LogP contribution in [0.1, 0.15) is 5.56 Å². The van der Waals surface area contributed by atoms with Gasteiger partial charge in [-0.2, -0.15) is 5.26 Å². The van der Waals surface area contributed by atoms with E-state index in [-0.39, 0.29) is 0 Å². The number of pyridine rings is 1. The molecule has 0 unspecified atom stereocenters. The van der Waals surface area contributed by atoms with Crippen LogP contribution in [0.4, 0.5) is 0 Å². The van der Waals surface area contributed by atoms with Crippen molar-refractivity contribution in [1.82, 2.24) is 9.55 Å². The minimum Gasteiger partial charge on any atom is -0.309 e. The van der Waals surface area contributed by atoms with Crippen LogP contribution in [-0.4, -0.2) is 9.55 Å². The van der Waals surface area contributed by atoms with Crippen molar-refractivity contribution in [3.63, 3.8) is 0 Å². The predicted molar refractivity (Wildman–Crippen MR) is 222 cm³/mol. The largest absolute Gasteiger partial charge is 0.309 e. The summed E-state index contributed by atoms with van der Waals surface area (Å²) >= 11 is 0. The normalized spacial score (nSPS) is 11.8. The average Bonchev–Trinajstić information content (AvgIpc) is 3.56. The highest BCUT2D eigenvalue weighted by Crippen LogP contribution is 2.44. The standard InChI is InChI=1S/C50H29N3/c51-30-31-21-24-40-44-29-34(23-26-45(44)53(46(40)27-31)36-14-2-1-3-15-36)33-12-10-13-35(28-33)49-47-37-16-5-4-11-32(37)22-25-43(47)48-41-19-8-6-17-38(41)39-18-7-9-20-42(39)50(48)52-49/h1-29H. The summed E-state index contributed by atoms with van der Waals surface area (Å²) in [6.07, 6.45) is 0. The molecule has 0 aliphatic rings. The molecule has 0 amide bonds. The van der Waals surface area contributed by atoms with Gasteiger partial charge in [-0.25, -0.2) is 4.98 Å². The van der Waals surface area contributed by atoms with E-state index in [4.69, 9.17) is 4.98 Å². The van der Waals surface area contributed by atoms with Gasteiger partial charge in [0.05, 0.1) is 33.9 Å². The molecule has 2 aromatic heterocycles. The van der Waals surface area contributed by atoms with Gasteiger partial charge in [-0.3, -0.25) is 0 Å². The number of para-hydroxylation sites is 1. The molecule has 0 fully saturated rings. The number of rotatable bonds is 3. The van der Waals surface area contributed by atoms with Crippen molar-refractivity contribution in [2.75, 3.05) is 0 Å². The highest BCUT2D eigenvalue weighted by atomic mass is 15.0. The molecule has 0 atom stereocenters. The first kappa shape index (κ1) is 29.5. The van der Waals surface area contributed by atoms with Gasteiger partial charge in [-0.15, -0.1) is 0 Å². The average molecular weight is 672 g/mol. The van der Waals surface area contributed by atoms with Gasteiger partial charge in [0.15, 0.2) is 0 Å². The molecule has 3 heteroatoms. The van der Waals surface area contributed by atoms with Crippen LogP contribution in [0.5, 0.6) is 0 Å². The van der Waals surface area contributed by atoms with E-state index >= 15 is 0 Å². The minimum absolute atomic E-state index is 0.647. The van der Waals surface area contributed by atoms with Gasteiger partial charge in [-0.1, -0.05) is 133 Å². The molecule has 0 aliphatic carbocycles. The van der Waals surface area contributed by atoms with Crippen molar-refractivity contribution in [2.24, 2.45) is 0 Å². The third-order valence-electron chi connectivity index (χ3n) is 10.9. The Hall–Kier alpha value is -7.28. The van der Waals surface area contributed by atoms with Gasteiger partial charge in [0.2, 0.25) is 0 Å². The molecular weight excluding hydrogens is 643 g/mol. The monoisotopic (exact) mass is 671 g/mol. The van der Waals surface area contributed by atoms with Crippen molar-refractivity contribution in [2.45, 2.75) is 0 Å². The second-order valence-electron chi connectivity index (χ2n) is 13.8. The fourth-order valence-corrected chi connectivity index (χ4v) is 8.59. The Morgan fingerprint density at radius 2 is 1.09 bits per heavy atom. The Morgan fingerprint density at radius 1 is 0.415 bits per heavy atom. The summed E-state index contributed by atoms with van der Waals surface area (Å²) in [4.78, 5) is 5.65. The van der Waals surface area contributed by atoms with Gasteiger partial charge in [-0.05, 0) is 85.9 Å². The van der Waals surface area contributed by atoms with E-state index in [2.05, 4.69) is 168 Å². The lowest BCUT2D eigenvalue weighted by Crippen LogP contribution is -1.94. The molecule has 9 aromatic carbocycles. The Bertz CT molecular complexity index is 3350. The molecule has 0 saturated carbocycles. The third-order valence-corrected chi connectivity index (χ3v) is 10.9. The van der Waals surface area contributed by atoms with Gasteiger partial charge in [0.1, 0.15) is 0 Å². The SMILES string of the molecule is N#Cc1ccc2c3cc(-c4cccc(-c5nc6c7ccccc7c7ccccc7c6c6ccc7ccccc7c56)c4)ccc3n(-c3ccccc3)c2c1. The Balaban J connectivity index is 1.19. The number of hydrogen-bond acceptors (Lipinski definition) is 2. The zero-order valence-electron chi connectivity index (χ0n) is 28.6. The topological polar surface area (TPSA) is 41.6 Å². The van der Waals surface area contributed by atoms with Crippen LogP contribution in [0.25, 0.3) is 104 Å². The van der Waals surface area contributed by atoms with Gasteiger partial charge >= 0.3 is 0 Å². The van der Waals surface area contributed by atoms with Crippen LogP contribution in [-0.2, 0) is 0 Å². The highest BCUT2D eigenvalue weighted by Gasteiger charge is 2.19. The summed E-state index contributed by atoms with van der Waals surface area (Å²) in [5.41, 5.74) is 9.18. The molecule has 0 saturated heterocycles. The number of aromatic nitrogens is 2. The van der Waals surface area contributed by atoms with Crippen molar-refractivity contribution in [1.29, 1.82) is 5.26 Å². The number of nitriles is 1. The van der Waals surface area contributed by atoms with Crippen LogP contribution < -0.4 is 0 Å². The Morgan fingerprint density at radius 3 is 1.92 bits per heavy atom. The Labute approximate surface area is 305 Å².